The molecule has 37 heavy (non-hydrogen) atoms. The Bertz CT molecular complexity index is 1120. The van der Waals surface area contributed by atoms with Gasteiger partial charge in [0.2, 0.25) is 0 Å². The standard InChI is InChI=1S/C17H20O2.C16H18O2/c1-2-3-4-17(13-5-9-15(18)10-6-13)14-7-11-16(19)12-8-14;1-3-16(2,12-4-8-14(17)9-5-12)13-6-10-15(18)11-7-13/h5-12,17-19H,2-4H2,1H3;4-11,17-18H,3H2,1-2H3. The molecule has 4 heteroatoms. The van der Waals surface area contributed by atoms with Crippen LogP contribution in [0.1, 0.15) is 74.6 Å². The Hall–Kier alpha value is -3.92. The first-order valence-electron chi connectivity index (χ1n) is 12.9. The van der Waals surface area contributed by atoms with E-state index in [0.29, 0.717) is 17.4 Å². The van der Waals surface area contributed by atoms with Gasteiger partial charge in [0.15, 0.2) is 0 Å². The van der Waals surface area contributed by atoms with Gasteiger partial charge in [-0.05, 0) is 83.6 Å². The smallest absolute Gasteiger partial charge is 0.115 e. The van der Waals surface area contributed by atoms with Crippen LogP contribution in [0.5, 0.6) is 23.0 Å². The van der Waals surface area contributed by atoms with Gasteiger partial charge >= 0.3 is 0 Å². The summed E-state index contributed by atoms with van der Waals surface area (Å²) in [5.74, 6) is 1.47. The number of phenols is 4. The van der Waals surface area contributed by atoms with Crippen LogP contribution in [0.15, 0.2) is 97.1 Å². The zero-order valence-corrected chi connectivity index (χ0v) is 21.9. The van der Waals surface area contributed by atoms with E-state index >= 15 is 0 Å². The highest BCUT2D eigenvalue weighted by atomic mass is 16.3. The average Bonchev–Trinajstić information content (AvgIpc) is 2.91. The van der Waals surface area contributed by atoms with E-state index in [0.717, 1.165) is 36.8 Å². The van der Waals surface area contributed by atoms with Crippen molar-refractivity contribution in [3.05, 3.63) is 119 Å². The summed E-state index contributed by atoms with van der Waals surface area (Å²) in [6.07, 6.45) is 4.34. The van der Waals surface area contributed by atoms with E-state index in [1.165, 1.54) is 11.1 Å². The summed E-state index contributed by atoms with van der Waals surface area (Å²) in [7, 11) is 0. The molecule has 0 atom stereocenters. The minimum absolute atomic E-state index is 0.110. The minimum atomic E-state index is -0.110. The molecule has 0 heterocycles. The highest BCUT2D eigenvalue weighted by Gasteiger charge is 2.26. The number of aromatic hydroxyl groups is 4. The Morgan fingerprint density at radius 3 is 1.16 bits per heavy atom. The van der Waals surface area contributed by atoms with Crippen LogP contribution in [0.25, 0.3) is 0 Å². The molecule has 0 radical (unpaired) electrons. The van der Waals surface area contributed by atoms with Crippen molar-refractivity contribution in [1.29, 1.82) is 0 Å². The predicted octanol–water partition coefficient (Wildman–Crippen LogP) is 8.23. The number of hydrogen-bond donors (Lipinski definition) is 4. The van der Waals surface area contributed by atoms with E-state index < -0.39 is 0 Å². The van der Waals surface area contributed by atoms with Gasteiger partial charge in [-0.15, -0.1) is 0 Å². The third-order valence-electron chi connectivity index (χ3n) is 7.15. The molecule has 194 valence electrons. The normalized spacial score (nSPS) is 11.1. The van der Waals surface area contributed by atoms with E-state index in [1.54, 1.807) is 48.5 Å². The summed E-state index contributed by atoms with van der Waals surface area (Å²) in [6.45, 7) is 6.50. The van der Waals surface area contributed by atoms with Gasteiger partial charge in [0.1, 0.15) is 23.0 Å². The summed E-state index contributed by atoms with van der Waals surface area (Å²) in [4.78, 5) is 0. The molecule has 4 aromatic carbocycles. The van der Waals surface area contributed by atoms with Crippen LogP contribution in [-0.4, -0.2) is 20.4 Å². The second kappa shape index (κ2) is 12.9. The maximum atomic E-state index is 9.39. The first kappa shape index (κ1) is 27.7. The van der Waals surface area contributed by atoms with E-state index in [-0.39, 0.29) is 16.9 Å². The van der Waals surface area contributed by atoms with Crippen molar-refractivity contribution in [2.45, 2.75) is 57.8 Å². The number of rotatable bonds is 8. The van der Waals surface area contributed by atoms with Crippen molar-refractivity contribution in [3.8, 4) is 23.0 Å². The Labute approximate surface area is 220 Å². The zero-order chi connectivity index (χ0) is 26.8. The van der Waals surface area contributed by atoms with Crippen LogP contribution in [0.2, 0.25) is 0 Å². The van der Waals surface area contributed by atoms with Gasteiger partial charge in [0.25, 0.3) is 0 Å². The fraction of sp³-hybridized carbons (Fsp3) is 0.273. The summed E-state index contributed by atoms with van der Waals surface area (Å²) in [5.41, 5.74) is 4.62. The van der Waals surface area contributed by atoms with Crippen molar-refractivity contribution in [2.24, 2.45) is 0 Å². The van der Waals surface area contributed by atoms with Gasteiger partial charge < -0.3 is 20.4 Å². The van der Waals surface area contributed by atoms with E-state index in [9.17, 15) is 20.4 Å². The quantitative estimate of drug-likeness (QED) is 0.197. The minimum Gasteiger partial charge on any atom is -0.508 e. The molecule has 4 rings (SSSR count). The van der Waals surface area contributed by atoms with Crippen molar-refractivity contribution < 1.29 is 20.4 Å². The topological polar surface area (TPSA) is 80.9 Å². The van der Waals surface area contributed by atoms with Crippen molar-refractivity contribution >= 4 is 0 Å². The Morgan fingerprint density at radius 2 is 0.865 bits per heavy atom. The summed E-state index contributed by atoms with van der Waals surface area (Å²) in [6, 6.07) is 29.5. The van der Waals surface area contributed by atoms with Crippen LogP contribution in [0.4, 0.5) is 0 Å². The maximum Gasteiger partial charge on any atom is 0.115 e. The fourth-order valence-electron chi connectivity index (χ4n) is 4.58. The zero-order valence-electron chi connectivity index (χ0n) is 21.9. The molecule has 4 aromatic rings. The second-order valence-electron chi connectivity index (χ2n) is 9.66. The average molecular weight is 499 g/mol. The van der Waals surface area contributed by atoms with Crippen LogP contribution in [-0.2, 0) is 5.41 Å². The molecule has 0 saturated carbocycles. The lowest BCUT2D eigenvalue weighted by Gasteiger charge is -2.29. The van der Waals surface area contributed by atoms with Gasteiger partial charge in [0, 0.05) is 11.3 Å². The fourth-order valence-corrected chi connectivity index (χ4v) is 4.58. The van der Waals surface area contributed by atoms with Gasteiger partial charge in [0.05, 0.1) is 0 Å². The maximum absolute atomic E-state index is 9.39. The number of unbranched alkanes of at least 4 members (excludes halogenated alkanes) is 1. The SMILES string of the molecule is CCC(C)(c1ccc(O)cc1)c1ccc(O)cc1.CCCCC(c1ccc(O)cc1)c1ccc(O)cc1. The van der Waals surface area contributed by atoms with Crippen molar-refractivity contribution in [3.63, 3.8) is 0 Å². The Morgan fingerprint density at radius 1 is 0.541 bits per heavy atom. The van der Waals surface area contributed by atoms with Crippen LogP contribution < -0.4 is 0 Å². The molecule has 0 spiro atoms. The van der Waals surface area contributed by atoms with Gasteiger partial charge in [-0.1, -0.05) is 82.1 Å². The second-order valence-corrected chi connectivity index (χ2v) is 9.66. The molecular weight excluding hydrogens is 460 g/mol. The van der Waals surface area contributed by atoms with Crippen LogP contribution in [0.3, 0.4) is 0 Å². The molecule has 0 amide bonds. The van der Waals surface area contributed by atoms with E-state index in [1.807, 2.05) is 48.5 Å². The van der Waals surface area contributed by atoms with E-state index in [2.05, 4.69) is 20.8 Å². The van der Waals surface area contributed by atoms with Gasteiger partial charge in [-0.2, -0.15) is 0 Å². The molecule has 0 unspecified atom stereocenters. The predicted molar refractivity (Wildman–Crippen MR) is 151 cm³/mol. The van der Waals surface area contributed by atoms with Crippen molar-refractivity contribution in [1.82, 2.24) is 0 Å². The van der Waals surface area contributed by atoms with Gasteiger partial charge in [-0.3, -0.25) is 0 Å². The Kier molecular flexibility index (Phi) is 9.62. The lowest BCUT2D eigenvalue weighted by molar-refractivity contribution is 0.472. The first-order chi connectivity index (χ1) is 17.8. The first-order valence-corrected chi connectivity index (χ1v) is 12.9. The Balaban J connectivity index is 0.000000206. The van der Waals surface area contributed by atoms with Crippen LogP contribution in [0, 0.1) is 0 Å². The molecule has 0 aliphatic heterocycles. The summed E-state index contributed by atoms with van der Waals surface area (Å²) < 4.78 is 0. The molecule has 4 N–H and O–H groups in total. The van der Waals surface area contributed by atoms with Crippen molar-refractivity contribution in [2.75, 3.05) is 0 Å². The lowest BCUT2D eigenvalue weighted by atomic mass is 9.74. The third kappa shape index (κ3) is 7.29. The number of phenolic OH excluding ortho intramolecular Hbond substituents is 4. The lowest BCUT2D eigenvalue weighted by Crippen LogP contribution is -2.22. The summed E-state index contributed by atoms with van der Waals surface area (Å²) in [5, 5.41) is 37.5. The molecule has 0 fully saturated rings. The molecule has 4 nitrogen and oxygen atoms in total. The highest BCUT2D eigenvalue weighted by molar-refractivity contribution is 5.42. The molecule has 0 saturated heterocycles. The molecule has 0 aliphatic carbocycles. The number of benzene rings is 4. The molecular formula is C33H38O4. The molecule has 0 bridgehead atoms. The molecule has 0 aliphatic rings. The van der Waals surface area contributed by atoms with Crippen LogP contribution >= 0.6 is 0 Å². The third-order valence-corrected chi connectivity index (χ3v) is 7.15. The largest absolute Gasteiger partial charge is 0.508 e. The van der Waals surface area contributed by atoms with E-state index in [4.69, 9.17) is 0 Å². The van der Waals surface area contributed by atoms with Gasteiger partial charge in [-0.25, -0.2) is 0 Å². The highest BCUT2D eigenvalue weighted by Crippen LogP contribution is 2.36. The summed E-state index contributed by atoms with van der Waals surface area (Å²) >= 11 is 0. The number of hydrogen-bond acceptors (Lipinski definition) is 4. The monoisotopic (exact) mass is 498 g/mol. The molecule has 0 aromatic heterocycles.